The first kappa shape index (κ1) is 16.6. The number of hydrogen-bond donors (Lipinski definition) is 0. The van der Waals surface area contributed by atoms with Crippen molar-refractivity contribution in [3.8, 4) is 11.5 Å². The molecule has 0 saturated carbocycles. The van der Waals surface area contributed by atoms with Crippen LogP contribution in [0.2, 0.25) is 0 Å². The van der Waals surface area contributed by atoms with Crippen LogP contribution < -0.4 is 15.0 Å². The Bertz CT molecular complexity index is 951. The van der Waals surface area contributed by atoms with Crippen LogP contribution >= 0.6 is 0 Å². The van der Waals surface area contributed by atoms with Gasteiger partial charge in [-0.1, -0.05) is 6.07 Å². The zero-order valence-electron chi connectivity index (χ0n) is 15.1. The van der Waals surface area contributed by atoms with Gasteiger partial charge in [-0.3, -0.25) is 14.5 Å². The topological polar surface area (TPSA) is 60.8 Å². The average Bonchev–Trinajstić information content (AvgIpc) is 2.68. The number of carbonyl (C=O) groups is 1. The summed E-state index contributed by atoms with van der Waals surface area (Å²) in [5.74, 6) is 2.18. The van der Waals surface area contributed by atoms with Gasteiger partial charge in [0.2, 0.25) is 0 Å². The molecule has 1 aromatic carbocycles. The van der Waals surface area contributed by atoms with Crippen molar-refractivity contribution in [3.63, 3.8) is 0 Å². The minimum absolute atomic E-state index is 0.0861. The fraction of sp³-hybridized carbons (Fsp3) is 0.429. The molecule has 1 aromatic heterocycles. The van der Waals surface area contributed by atoms with Gasteiger partial charge in [-0.25, -0.2) is 0 Å². The molecule has 6 heteroatoms. The van der Waals surface area contributed by atoms with Crippen molar-refractivity contribution < 1.29 is 14.3 Å². The van der Waals surface area contributed by atoms with Crippen LogP contribution in [-0.2, 0) is 6.54 Å². The lowest BCUT2D eigenvalue weighted by Crippen LogP contribution is -2.48. The Kier molecular flexibility index (Phi) is 4.01. The molecule has 1 saturated heterocycles. The van der Waals surface area contributed by atoms with Gasteiger partial charge in [-0.15, -0.1) is 0 Å². The van der Waals surface area contributed by atoms with Crippen molar-refractivity contribution in [1.82, 2.24) is 9.47 Å². The molecule has 6 nitrogen and oxygen atoms in total. The third-order valence-corrected chi connectivity index (χ3v) is 5.79. The molecule has 4 heterocycles. The number of pyridine rings is 1. The summed E-state index contributed by atoms with van der Waals surface area (Å²) in [5, 5.41) is 0. The monoisotopic (exact) mass is 366 g/mol. The fourth-order valence-electron chi connectivity index (χ4n) is 4.64. The number of ether oxygens (including phenoxy) is 2. The van der Waals surface area contributed by atoms with Crippen LogP contribution in [0.1, 0.15) is 28.4 Å². The fourth-order valence-corrected chi connectivity index (χ4v) is 4.64. The summed E-state index contributed by atoms with van der Waals surface area (Å²) in [6, 6.07) is 10.9. The van der Waals surface area contributed by atoms with Gasteiger partial charge in [0.15, 0.2) is 17.3 Å². The van der Waals surface area contributed by atoms with Gasteiger partial charge in [0.25, 0.3) is 5.56 Å². The van der Waals surface area contributed by atoms with Crippen LogP contribution in [0, 0.1) is 5.92 Å². The summed E-state index contributed by atoms with van der Waals surface area (Å²) < 4.78 is 13.0. The Morgan fingerprint density at radius 1 is 1.04 bits per heavy atom. The molecular weight excluding hydrogens is 344 g/mol. The maximum absolute atomic E-state index is 12.8. The van der Waals surface area contributed by atoms with E-state index in [1.807, 2.05) is 22.8 Å². The Morgan fingerprint density at radius 3 is 2.78 bits per heavy atom. The van der Waals surface area contributed by atoms with E-state index in [0.717, 1.165) is 31.7 Å². The SMILES string of the molecule is O=C(CN1CC2CC(C1)c1cccc(=O)n1C2)c1ccc2c(c1)OCCO2. The van der Waals surface area contributed by atoms with E-state index in [1.165, 1.54) is 0 Å². The number of benzene rings is 1. The Morgan fingerprint density at radius 2 is 1.89 bits per heavy atom. The van der Waals surface area contributed by atoms with Crippen LogP contribution in [0.4, 0.5) is 0 Å². The molecule has 2 bridgehead atoms. The van der Waals surface area contributed by atoms with Crippen molar-refractivity contribution >= 4 is 5.78 Å². The first-order valence-electron chi connectivity index (χ1n) is 9.52. The van der Waals surface area contributed by atoms with Gasteiger partial charge in [0.05, 0.1) is 6.54 Å². The van der Waals surface area contributed by atoms with Gasteiger partial charge < -0.3 is 14.0 Å². The molecule has 2 aromatic rings. The number of carbonyl (C=O) groups excluding carboxylic acids is 1. The minimum atomic E-state index is 0.0861. The van der Waals surface area contributed by atoms with Crippen molar-refractivity contribution in [3.05, 3.63) is 58.0 Å². The second-order valence-electron chi connectivity index (χ2n) is 7.67. The standard InChI is InChI=1S/C21H22N2O4/c24-18(15-4-5-19-20(9-15)27-7-6-26-19)13-22-10-14-8-16(12-22)17-2-1-3-21(25)23(17)11-14/h1-5,9,14,16H,6-8,10-13H2. The van der Waals surface area contributed by atoms with E-state index in [1.54, 1.807) is 12.1 Å². The van der Waals surface area contributed by atoms with Crippen LogP contribution in [0.3, 0.4) is 0 Å². The van der Waals surface area contributed by atoms with E-state index in [9.17, 15) is 9.59 Å². The molecule has 0 N–H and O–H groups in total. The number of likely N-dealkylation sites (tertiary alicyclic amines) is 1. The normalized spacial score (nSPS) is 23.6. The first-order chi connectivity index (χ1) is 13.2. The molecule has 140 valence electrons. The summed E-state index contributed by atoms with van der Waals surface area (Å²) in [6.45, 7) is 3.87. The quantitative estimate of drug-likeness (QED) is 0.777. The van der Waals surface area contributed by atoms with Crippen molar-refractivity contribution in [1.29, 1.82) is 0 Å². The van der Waals surface area contributed by atoms with Crippen molar-refractivity contribution in [2.24, 2.45) is 5.92 Å². The van der Waals surface area contributed by atoms with Gasteiger partial charge in [-0.2, -0.15) is 0 Å². The summed E-state index contributed by atoms with van der Waals surface area (Å²) in [4.78, 5) is 27.2. The lowest BCUT2D eigenvalue weighted by molar-refractivity contribution is 0.0816. The second kappa shape index (κ2) is 6.53. The van der Waals surface area contributed by atoms with E-state index in [2.05, 4.69) is 11.0 Å². The van der Waals surface area contributed by atoms with E-state index < -0.39 is 0 Å². The molecule has 0 amide bonds. The Balaban J connectivity index is 1.32. The van der Waals surface area contributed by atoms with Crippen LogP contribution in [0.25, 0.3) is 0 Å². The number of nitrogens with zero attached hydrogens (tertiary/aromatic N) is 2. The molecule has 1 fully saturated rings. The van der Waals surface area contributed by atoms with Gasteiger partial charge in [0, 0.05) is 42.9 Å². The Hall–Kier alpha value is -2.60. The minimum Gasteiger partial charge on any atom is -0.486 e. The number of rotatable bonds is 3. The van der Waals surface area contributed by atoms with Crippen LogP contribution in [0.5, 0.6) is 11.5 Å². The third kappa shape index (κ3) is 3.04. The highest BCUT2D eigenvalue weighted by molar-refractivity contribution is 5.98. The summed E-state index contributed by atoms with van der Waals surface area (Å²) in [6.07, 6.45) is 1.10. The van der Waals surface area contributed by atoms with Crippen molar-refractivity contribution in [2.45, 2.75) is 18.9 Å². The maximum atomic E-state index is 12.8. The predicted octanol–water partition coefficient (Wildman–Crippen LogP) is 1.92. The van der Waals surface area contributed by atoms with E-state index >= 15 is 0 Å². The first-order valence-corrected chi connectivity index (χ1v) is 9.52. The van der Waals surface area contributed by atoms with Gasteiger partial charge in [-0.05, 0) is 36.6 Å². The van der Waals surface area contributed by atoms with Gasteiger partial charge >= 0.3 is 0 Å². The lowest BCUT2D eigenvalue weighted by Gasteiger charge is -2.42. The largest absolute Gasteiger partial charge is 0.486 e. The molecule has 0 aliphatic carbocycles. The molecular formula is C21H22N2O4. The highest BCUT2D eigenvalue weighted by atomic mass is 16.6. The summed E-state index contributed by atoms with van der Waals surface area (Å²) in [7, 11) is 0. The van der Waals surface area contributed by atoms with Gasteiger partial charge in [0.1, 0.15) is 13.2 Å². The second-order valence-corrected chi connectivity index (χ2v) is 7.67. The number of piperidine rings is 1. The molecule has 27 heavy (non-hydrogen) atoms. The molecule has 5 rings (SSSR count). The zero-order chi connectivity index (χ0) is 18.4. The molecule has 3 aliphatic heterocycles. The highest BCUT2D eigenvalue weighted by Crippen LogP contribution is 2.35. The number of ketones is 1. The highest BCUT2D eigenvalue weighted by Gasteiger charge is 2.35. The molecule has 0 radical (unpaired) electrons. The van der Waals surface area contributed by atoms with E-state index in [-0.39, 0.29) is 11.3 Å². The molecule has 3 aliphatic rings. The van der Waals surface area contributed by atoms with Crippen LogP contribution in [0.15, 0.2) is 41.2 Å². The zero-order valence-corrected chi connectivity index (χ0v) is 15.1. The summed E-state index contributed by atoms with van der Waals surface area (Å²) in [5.41, 5.74) is 1.85. The number of Topliss-reactive ketones (excluding diaryl/α,β-unsaturated/α-hetero) is 1. The lowest BCUT2D eigenvalue weighted by atomic mass is 9.83. The maximum Gasteiger partial charge on any atom is 0.250 e. The smallest absolute Gasteiger partial charge is 0.250 e. The average molecular weight is 366 g/mol. The van der Waals surface area contributed by atoms with Crippen molar-refractivity contribution in [2.75, 3.05) is 32.8 Å². The molecule has 0 spiro atoms. The van der Waals surface area contributed by atoms with Crippen LogP contribution in [-0.4, -0.2) is 48.1 Å². The summed E-state index contributed by atoms with van der Waals surface area (Å²) >= 11 is 0. The number of aromatic nitrogens is 1. The molecule has 2 atom stereocenters. The number of fused-ring (bicyclic) bond motifs is 5. The van der Waals surface area contributed by atoms with E-state index in [0.29, 0.717) is 48.7 Å². The predicted molar refractivity (Wildman–Crippen MR) is 99.8 cm³/mol. The molecule has 2 unspecified atom stereocenters. The number of hydrogen-bond acceptors (Lipinski definition) is 5. The Labute approximate surface area is 157 Å². The third-order valence-electron chi connectivity index (χ3n) is 5.79. The van der Waals surface area contributed by atoms with E-state index in [4.69, 9.17) is 9.47 Å².